The van der Waals surface area contributed by atoms with Gasteiger partial charge in [-0.1, -0.05) is 30.3 Å². The molecule has 9 heteroatoms. The van der Waals surface area contributed by atoms with E-state index in [9.17, 15) is 4.79 Å². The largest absolute Gasteiger partial charge is 0.495 e. The van der Waals surface area contributed by atoms with Gasteiger partial charge >= 0.3 is 5.97 Å². The summed E-state index contributed by atoms with van der Waals surface area (Å²) in [6.45, 7) is 7.04. The summed E-state index contributed by atoms with van der Waals surface area (Å²) in [6.07, 6.45) is 9.09. The second-order valence-corrected chi connectivity index (χ2v) is 18.8. The Morgan fingerprint density at radius 2 is 1.71 bits per heavy atom. The standard InChI is InChI=1S/C43H50N4O5/c1-49-30-9-5-7-28-32(30)47-24-39(20-25-21-40-13-18-51-31(40)10-15-45-16-12-43(28,34(25)47)36(40)45)23-46-17-11-42-27-6-3-4-8-29(27)44-33(42)26(35(48)50-2)22-41(37(42)46)14-19-52-38(39)41/h3-9,25,31,34,36-38,44H,10-24H2,1-2H3/t25?,31?,34-,36-,37?,38?,39-,40+,41-,42?,43?/m0/s1. The van der Waals surface area contributed by atoms with E-state index in [1.165, 1.54) is 43.5 Å². The van der Waals surface area contributed by atoms with Crippen LogP contribution in [0.4, 0.5) is 11.4 Å². The minimum absolute atomic E-state index is 0.0538. The first-order chi connectivity index (χ1) is 25.4. The third-order valence-electron chi connectivity index (χ3n) is 17.5. The maximum Gasteiger partial charge on any atom is 0.335 e. The molecule has 9 nitrogen and oxygen atoms in total. The summed E-state index contributed by atoms with van der Waals surface area (Å²) < 4.78 is 26.0. The molecular formula is C43H50N4O5. The number of nitrogens with one attached hydrogen (secondary N) is 1. The van der Waals surface area contributed by atoms with Crippen LogP contribution in [0.15, 0.2) is 53.7 Å². The molecule has 0 radical (unpaired) electrons. The molecule has 0 aromatic heterocycles. The second-order valence-electron chi connectivity index (χ2n) is 18.8. The predicted octanol–water partition coefficient (Wildman–Crippen LogP) is 4.84. The lowest BCUT2D eigenvalue weighted by Gasteiger charge is -2.68. The Kier molecular flexibility index (Phi) is 5.57. The Morgan fingerprint density at radius 1 is 0.865 bits per heavy atom. The molecule has 2 aromatic carbocycles. The van der Waals surface area contributed by atoms with Crippen molar-refractivity contribution < 1.29 is 23.7 Å². The van der Waals surface area contributed by atoms with Crippen molar-refractivity contribution in [2.45, 2.75) is 92.5 Å². The summed E-state index contributed by atoms with van der Waals surface area (Å²) in [5.41, 5.74) is 7.13. The number of carbonyl (C=O) groups is 1. The molecule has 2 aromatic rings. The van der Waals surface area contributed by atoms with Crippen LogP contribution < -0.4 is 15.0 Å². The number of para-hydroxylation sites is 2. The minimum Gasteiger partial charge on any atom is -0.495 e. The van der Waals surface area contributed by atoms with Gasteiger partial charge in [-0.05, 0) is 93.6 Å². The van der Waals surface area contributed by atoms with Crippen LogP contribution >= 0.6 is 0 Å². The number of esters is 1. The molecule has 13 rings (SSSR count). The molecule has 272 valence electrons. The zero-order chi connectivity index (χ0) is 34.4. The van der Waals surface area contributed by atoms with Gasteiger partial charge < -0.3 is 29.2 Å². The Bertz CT molecular complexity index is 2000. The van der Waals surface area contributed by atoms with E-state index in [0.717, 1.165) is 81.4 Å². The van der Waals surface area contributed by atoms with Gasteiger partial charge in [0.05, 0.1) is 43.1 Å². The highest BCUT2D eigenvalue weighted by atomic mass is 16.5. The SMILES string of the molecule is COC(=O)C1=C2Nc3ccccc3C23CCN2C[C@]4(CC5C[C@]67CCOC6CCN6CCC8(c9cccc(OC)c9N(C4)[C@@H]58)[C@@H]67)C4OCC[C@]4(C1)C23. The third kappa shape index (κ3) is 3.05. The maximum absolute atomic E-state index is 14.0. The molecule has 7 saturated heterocycles. The molecule has 1 saturated carbocycles. The lowest BCUT2D eigenvalue weighted by molar-refractivity contribution is -0.174. The summed E-state index contributed by atoms with van der Waals surface area (Å²) in [7, 11) is 3.43. The van der Waals surface area contributed by atoms with Gasteiger partial charge in [0.25, 0.3) is 0 Å². The number of rotatable bonds is 2. The normalized spacial score (nSPS) is 46.8. The summed E-state index contributed by atoms with van der Waals surface area (Å²) in [6, 6.07) is 17.1. The van der Waals surface area contributed by atoms with E-state index in [-0.39, 0.29) is 45.2 Å². The molecule has 6 unspecified atom stereocenters. The number of hydrogen-bond acceptors (Lipinski definition) is 9. The highest BCUT2D eigenvalue weighted by Crippen LogP contribution is 2.75. The number of ether oxygens (including phenoxy) is 4. The van der Waals surface area contributed by atoms with Crippen LogP contribution in [0.1, 0.15) is 62.5 Å². The molecule has 0 bridgehead atoms. The Hall–Kier alpha value is -3.11. The molecule has 11 atom stereocenters. The fraction of sp³-hybridized carbons (Fsp3) is 0.651. The fourth-order valence-corrected chi connectivity index (χ4v) is 16.8. The molecule has 8 fully saturated rings. The molecule has 0 amide bonds. The third-order valence-corrected chi connectivity index (χ3v) is 17.5. The first-order valence-corrected chi connectivity index (χ1v) is 20.3. The minimum atomic E-state index is -0.252. The van der Waals surface area contributed by atoms with Crippen LogP contribution in [-0.2, 0) is 29.8 Å². The van der Waals surface area contributed by atoms with Crippen molar-refractivity contribution in [2.24, 2.45) is 22.2 Å². The average Bonchev–Trinajstić information content (AvgIpc) is 4.02. The zero-order valence-electron chi connectivity index (χ0n) is 30.5. The Balaban J connectivity index is 1.01. The van der Waals surface area contributed by atoms with Crippen LogP contribution in [0, 0.1) is 22.2 Å². The number of hydrogen-bond donors (Lipinski definition) is 1. The smallest absolute Gasteiger partial charge is 0.335 e. The van der Waals surface area contributed by atoms with Gasteiger partial charge in [-0.2, -0.15) is 0 Å². The van der Waals surface area contributed by atoms with E-state index in [0.29, 0.717) is 30.5 Å². The quantitative estimate of drug-likeness (QED) is 0.443. The monoisotopic (exact) mass is 702 g/mol. The van der Waals surface area contributed by atoms with Gasteiger partial charge in [-0.3, -0.25) is 9.80 Å². The van der Waals surface area contributed by atoms with Crippen LogP contribution in [0.5, 0.6) is 5.75 Å². The van der Waals surface area contributed by atoms with Gasteiger partial charge in [0.1, 0.15) is 5.75 Å². The maximum atomic E-state index is 14.0. The van der Waals surface area contributed by atoms with E-state index >= 15 is 0 Å². The van der Waals surface area contributed by atoms with E-state index < -0.39 is 0 Å². The average molecular weight is 703 g/mol. The second kappa shape index (κ2) is 9.57. The van der Waals surface area contributed by atoms with Crippen molar-refractivity contribution in [1.29, 1.82) is 0 Å². The highest BCUT2D eigenvalue weighted by molar-refractivity contribution is 5.93. The van der Waals surface area contributed by atoms with Crippen LogP contribution in [0.2, 0.25) is 0 Å². The topological polar surface area (TPSA) is 75.7 Å². The number of fused-ring (bicyclic) bond motifs is 4. The molecule has 11 aliphatic rings. The summed E-state index contributed by atoms with van der Waals surface area (Å²) >= 11 is 0. The molecule has 9 heterocycles. The summed E-state index contributed by atoms with van der Waals surface area (Å²) in [5.74, 6) is 1.38. The number of piperidine rings is 3. The van der Waals surface area contributed by atoms with Crippen LogP contribution in [-0.4, -0.2) is 106 Å². The van der Waals surface area contributed by atoms with E-state index in [2.05, 4.69) is 62.5 Å². The lowest BCUT2D eigenvalue weighted by atomic mass is 9.44. The fourth-order valence-electron chi connectivity index (χ4n) is 16.8. The van der Waals surface area contributed by atoms with Crippen molar-refractivity contribution in [3.8, 4) is 5.75 Å². The van der Waals surface area contributed by atoms with Crippen LogP contribution in [0.3, 0.4) is 0 Å². The Morgan fingerprint density at radius 3 is 2.62 bits per heavy atom. The molecule has 2 aliphatic carbocycles. The Labute approximate surface area is 305 Å². The number of anilines is 2. The number of methoxy groups -OCH3 is 2. The molecule has 52 heavy (non-hydrogen) atoms. The first kappa shape index (κ1) is 30.2. The van der Waals surface area contributed by atoms with E-state index in [4.69, 9.17) is 18.9 Å². The molecular weight excluding hydrogens is 652 g/mol. The highest BCUT2D eigenvalue weighted by Gasteiger charge is 2.79. The molecule has 1 N–H and O–H groups in total. The van der Waals surface area contributed by atoms with Crippen molar-refractivity contribution in [3.63, 3.8) is 0 Å². The van der Waals surface area contributed by atoms with Gasteiger partial charge in [-0.25, -0.2) is 4.79 Å². The van der Waals surface area contributed by atoms with Gasteiger partial charge in [0.2, 0.25) is 0 Å². The first-order valence-electron chi connectivity index (χ1n) is 20.3. The predicted molar refractivity (Wildman–Crippen MR) is 195 cm³/mol. The van der Waals surface area contributed by atoms with E-state index in [1.807, 2.05) is 7.11 Å². The number of carbonyl (C=O) groups excluding carboxylic acids is 1. The van der Waals surface area contributed by atoms with Gasteiger partial charge in [0.15, 0.2) is 0 Å². The van der Waals surface area contributed by atoms with Crippen molar-refractivity contribution in [2.75, 3.05) is 70.4 Å². The van der Waals surface area contributed by atoms with E-state index in [1.54, 1.807) is 12.7 Å². The van der Waals surface area contributed by atoms with Crippen molar-refractivity contribution >= 4 is 17.3 Å². The lowest BCUT2D eigenvalue weighted by Crippen LogP contribution is -2.76. The summed E-state index contributed by atoms with van der Waals surface area (Å²) in [4.78, 5) is 22.7. The zero-order valence-corrected chi connectivity index (χ0v) is 30.5. The van der Waals surface area contributed by atoms with Gasteiger partial charge in [-0.15, -0.1) is 0 Å². The van der Waals surface area contributed by atoms with Crippen molar-refractivity contribution in [3.05, 3.63) is 64.9 Å². The van der Waals surface area contributed by atoms with Crippen molar-refractivity contribution in [1.82, 2.24) is 9.80 Å². The van der Waals surface area contributed by atoms with Gasteiger partial charge in [0, 0.05) is 84.0 Å². The summed E-state index contributed by atoms with van der Waals surface area (Å²) in [5, 5.41) is 3.82. The van der Waals surface area contributed by atoms with Crippen LogP contribution in [0.25, 0.3) is 0 Å². The number of nitrogens with zero attached hydrogens (tertiary/aromatic N) is 3. The molecule has 5 spiro atoms. The molecule has 9 aliphatic heterocycles. The number of benzene rings is 2.